The van der Waals surface area contributed by atoms with Crippen LogP contribution >= 0.6 is 22.6 Å². The molecule has 0 amide bonds. The van der Waals surface area contributed by atoms with Gasteiger partial charge in [0.15, 0.2) is 0 Å². The number of alkyl halides is 1. The molecule has 1 heterocycles. The number of hydrogen-bond donors (Lipinski definition) is 0. The average Bonchev–Trinajstić information content (AvgIpc) is 2.79. The summed E-state index contributed by atoms with van der Waals surface area (Å²) in [6.45, 7) is 6.92. The highest BCUT2D eigenvalue weighted by Gasteiger charge is 2.19. The lowest BCUT2D eigenvalue weighted by Crippen LogP contribution is -2.16. The molecule has 0 fully saturated rings. The lowest BCUT2D eigenvalue weighted by atomic mass is 9.83. The van der Waals surface area contributed by atoms with Crippen molar-refractivity contribution in [3.8, 4) is 0 Å². The van der Waals surface area contributed by atoms with E-state index in [1.165, 1.54) is 61.5 Å². The first-order valence-corrected chi connectivity index (χ1v) is 11.2. The predicted molar refractivity (Wildman–Crippen MR) is 114 cm³/mol. The van der Waals surface area contributed by atoms with Gasteiger partial charge in [0.25, 0.3) is 0 Å². The van der Waals surface area contributed by atoms with Gasteiger partial charge < -0.3 is 0 Å². The summed E-state index contributed by atoms with van der Waals surface area (Å²) in [6, 6.07) is 0. The molecular weight excluding hydrogens is 393 g/mol. The molecule has 2 heteroatoms. The monoisotopic (exact) mass is 429 g/mol. The fourth-order valence-corrected chi connectivity index (χ4v) is 4.65. The summed E-state index contributed by atoms with van der Waals surface area (Å²) < 4.78 is 1.29. The highest BCUT2D eigenvalue weighted by molar-refractivity contribution is 14.1. The van der Waals surface area contributed by atoms with Crippen LogP contribution in [-0.2, 0) is 0 Å². The molecule has 0 aromatic heterocycles. The van der Waals surface area contributed by atoms with Gasteiger partial charge in [-0.15, -0.1) is 0 Å². The first-order chi connectivity index (χ1) is 11.2. The van der Waals surface area contributed by atoms with E-state index in [4.69, 9.17) is 4.99 Å². The maximum Gasteiger partial charge on any atom is 0.0367 e. The molecule has 0 bridgehead atoms. The molecule has 1 rings (SSSR count). The molecule has 0 spiro atoms. The molecule has 0 saturated carbocycles. The average molecular weight is 429 g/mol. The van der Waals surface area contributed by atoms with Crippen LogP contribution in [0, 0.1) is 11.8 Å². The van der Waals surface area contributed by atoms with Crippen LogP contribution < -0.4 is 0 Å². The Kier molecular flexibility index (Phi) is 12.0. The molecule has 1 nitrogen and oxygen atoms in total. The fourth-order valence-electron chi connectivity index (χ4n) is 3.49. The van der Waals surface area contributed by atoms with Crippen molar-refractivity contribution in [2.75, 3.05) is 4.43 Å². The molecule has 1 aliphatic rings. The summed E-state index contributed by atoms with van der Waals surface area (Å²) in [5.41, 5.74) is 2.86. The lowest BCUT2D eigenvalue weighted by Gasteiger charge is -2.25. The Bertz CT molecular complexity index is 389. The highest BCUT2D eigenvalue weighted by Crippen LogP contribution is 2.30. The second-order valence-corrected chi connectivity index (χ2v) is 7.78. The van der Waals surface area contributed by atoms with Crippen molar-refractivity contribution in [1.82, 2.24) is 0 Å². The van der Waals surface area contributed by atoms with Crippen LogP contribution in [0.3, 0.4) is 0 Å². The molecule has 0 aliphatic carbocycles. The number of halogens is 1. The van der Waals surface area contributed by atoms with Crippen LogP contribution in [0.25, 0.3) is 0 Å². The van der Waals surface area contributed by atoms with Crippen molar-refractivity contribution in [3.05, 3.63) is 23.4 Å². The van der Waals surface area contributed by atoms with E-state index in [0.29, 0.717) is 0 Å². The number of rotatable bonds is 12. The van der Waals surface area contributed by atoms with Gasteiger partial charge in [-0.25, -0.2) is 0 Å². The van der Waals surface area contributed by atoms with Crippen LogP contribution in [-0.4, -0.2) is 10.6 Å². The van der Waals surface area contributed by atoms with Gasteiger partial charge >= 0.3 is 0 Å². The van der Waals surface area contributed by atoms with Crippen molar-refractivity contribution in [2.45, 2.75) is 85.0 Å². The van der Waals surface area contributed by atoms with Crippen LogP contribution in [0.5, 0.6) is 0 Å². The van der Waals surface area contributed by atoms with Gasteiger partial charge in [-0.05, 0) is 50.0 Å². The quantitative estimate of drug-likeness (QED) is 0.225. The summed E-state index contributed by atoms with van der Waals surface area (Å²) in [6.07, 6.45) is 19.5. The Hall–Kier alpha value is -0.120. The van der Waals surface area contributed by atoms with Crippen molar-refractivity contribution in [1.29, 1.82) is 0 Å². The van der Waals surface area contributed by atoms with Crippen molar-refractivity contribution < 1.29 is 0 Å². The second kappa shape index (κ2) is 13.2. The minimum Gasteiger partial charge on any atom is -0.262 e. The van der Waals surface area contributed by atoms with Gasteiger partial charge in [0.05, 0.1) is 0 Å². The molecule has 0 aromatic rings. The van der Waals surface area contributed by atoms with E-state index in [0.717, 1.165) is 24.7 Å². The van der Waals surface area contributed by atoms with Crippen molar-refractivity contribution >= 4 is 28.8 Å². The van der Waals surface area contributed by atoms with Gasteiger partial charge in [-0.3, -0.25) is 4.99 Å². The maximum absolute atomic E-state index is 4.70. The largest absolute Gasteiger partial charge is 0.262 e. The van der Waals surface area contributed by atoms with Gasteiger partial charge in [0, 0.05) is 16.3 Å². The minimum absolute atomic E-state index is 0.863. The molecule has 0 aromatic carbocycles. The summed E-state index contributed by atoms with van der Waals surface area (Å²) in [4.78, 5) is 4.70. The predicted octanol–water partition coefficient (Wildman–Crippen LogP) is 7.51. The maximum atomic E-state index is 4.70. The third-order valence-corrected chi connectivity index (χ3v) is 6.09. The minimum atomic E-state index is 0.863. The van der Waals surface area contributed by atoms with E-state index >= 15 is 0 Å². The molecule has 1 atom stereocenters. The van der Waals surface area contributed by atoms with E-state index in [1.807, 2.05) is 6.21 Å². The zero-order valence-electron chi connectivity index (χ0n) is 15.5. The zero-order chi connectivity index (χ0) is 16.9. The fraction of sp³-hybridized carbons (Fsp3) is 0.762. The van der Waals surface area contributed by atoms with Crippen molar-refractivity contribution in [3.63, 3.8) is 0 Å². The Morgan fingerprint density at radius 1 is 1.00 bits per heavy atom. The summed E-state index contributed by atoms with van der Waals surface area (Å²) in [7, 11) is 0. The third-order valence-electron chi connectivity index (χ3n) is 4.96. The number of hydrogen-bond acceptors (Lipinski definition) is 1. The summed E-state index contributed by atoms with van der Waals surface area (Å²) >= 11 is 2.60. The van der Waals surface area contributed by atoms with Crippen molar-refractivity contribution in [2.24, 2.45) is 16.8 Å². The van der Waals surface area contributed by atoms with E-state index in [1.54, 1.807) is 5.57 Å². The smallest absolute Gasteiger partial charge is 0.0367 e. The molecular formula is C21H36IN. The Morgan fingerprint density at radius 2 is 1.74 bits per heavy atom. The SMILES string of the molecule is CCCCC1=CC=NC(CCC(CI)C(CCC)CCC)=CC1. The number of unbranched alkanes of at least 4 members (excludes halogenated alkanes) is 1. The lowest BCUT2D eigenvalue weighted by molar-refractivity contribution is 0.302. The first-order valence-electron chi connectivity index (χ1n) is 9.72. The van der Waals surface area contributed by atoms with Gasteiger partial charge in [-0.1, -0.05) is 87.1 Å². The van der Waals surface area contributed by atoms with E-state index in [9.17, 15) is 0 Å². The second-order valence-electron chi connectivity index (χ2n) is 6.90. The Labute approximate surface area is 158 Å². The Balaban J connectivity index is 2.50. The van der Waals surface area contributed by atoms with E-state index in [-0.39, 0.29) is 0 Å². The van der Waals surface area contributed by atoms with Crippen LogP contribution in [0.2, 0.25) is 0 Å². The summed E-state index contributed by atoms with van der Waals surface area (Å²) in [5.74, 6) is 1.78. The zero-order valence-corrected chi connectivity index (χ0v) is 17.6. The topological polar surface area (TPSA) is 12.4 Å². The summed E-state index contributed by atoms with van der Waals surface area (Å²) in [5, 5.41) is 0. The first kappa shape index (κ1) is 20.9. The number of allylic oxidation sites excluding steroid dienone is 4. The molecule has 1 aliphatic heterocycles. The normalized spacial score (nSPS) is 16.2. The molecule has 0 radical (unpaired) electrons. The molecule has 132 valence electrons. The molecule has 0 N–H and O–H groups in total. The number of nitrogens with zero attached hydrogens (tertiary/aromatic N) is 1. The van der Waals surface area contributed by atoms with Crippen LogP contribution in [0.15, 0.2) is 28.4 Å². The third kappa shape index (κ3) is 8.51. The van der Waals surface area contributed by atoms with E-state index < -0.39 is 0 Å². The van der Waals surface area contributed by atoms with Gasteiger partial charge in [0.2, 0.25) is 0 Å². The van der Waals surface area contributed by atoms with E-state index in [2.05, 4.69) is 55.5 Å². The van der Waals surface area contributed by atoms with Gasteiger partial charge in [0.1, 0.15) is 0 Å². The Morgan fingerprint density at radius 3 is 2.35 bits per heavy atom. The molecule has 1 unspecified atom stereocenters. The van der Waals surface area contributed by atoms with Crippen LogP contribution in [0.1, 0.15) is 85.0 Å². The number of aliphatic imine (C=N–C) groups is 1. The van der Waals surface area contributed by atoms with Crippen LogP contribution in [0.4, 0.5) is 0 Å². The molecule has 23 heavy (non-hydrogen) atoms. The standard InChI is InChI=1S/C21H36IN/c1-4-7-10-18-11-13-21(23-16-15-18)14-12-20(17-22)19(8-5-2)9-6-3/h13,15-16,19-20H,4-12,14,17H2,1-3H3. The highest BCUT2D eigenvalue weighted by atomic mass is 127. The molecule has 0 saturated heterocycles. The van der Waals surface area contributed by atoms with Gasteiger partial charge in [-0.2, -0.15) is 0 Å².